The largest absolute Gasteiger partial charge is 0.383 e. The second-order valence-corrected chi connectivity index (χ2v) is 5.16. The first-order valence-corrected chi connectivity index (χ1v) is 6.99. The van der Waals surface area contributed by atoms with Crippen LogP contribution in [0.15, 0.2) is 41.0 Å². The average Bonchev–Trinajstić information content (AvgIpc) is 2.85. The summed E-state index contributed by atoms with van der Waals surface area (Å²) < 4.78 is 7.27. The van der Waals surface area contributed by atoms with E-state index in [0.717, 1.165) is 5.56 Å². The number of carbonyl (C=O) groups excluding carboxylic acids is 1. The van der Waals surface area contributed by atoms with Crippen LogP contribution in [0, 0.1) is 0 Å². The van der Waals surface area contributed by atoms with Gasteiger partial charge in [-0.3, -0.25) is 9.48 Å². The number of ether oxygens (including phenoxy) is 1. The first-order valence-electron chi connectivity index (χ1n) is 6.20. The predicted molar refractivity (Wildman–Crippen MR) is 79.5 cm³/mol. The van der Waals surface area contributed by atoms with Crippen LogP contribution in [0.3, 0.4) is 0 Å². The van der Waals surface area contributed by atoms with E-state index in [4.69, 9.17) is 10.5 Å². The van der Waals surface area contributed by atoms with E-state index in [1.807, 2.05) is 30.3 Å². The molecule has 2 aromatic rings. The van der Waals surface area contributed by atoms with Crippen LogP contribution >= 0.6 is 15.9 Å². The lowest BCUT2D eigenvalue weighted by Gasteiger charge is -2.13. The van der Waals surface area contributed by atoms with Crippen LogP contribution in [-0.4, -0.2) is 29.3 Å². The van der Waals surface area contributed by atoms with Gasteiger partial charge in [0.15, 0.2) is 0 Å². The van der Waals surface area contributed by atoms with Gasteiger partial charge in [-0.2, -0.15) is 5.10 Å². The maximum absolute atomic E-state index is 12.6. The van der Waals surface area contributed by atoms with Crippen molar-refractivity contribution < 1.29 is 9.53 Å². The van der Waals surface area contributed by atoms with Crippen LogP contribution in [-0.2, 0) is 11.3 Å². The van der Waals surface area contributed by atoms with Crippen molar-refractivity contribution in [2.24, 2.45) is 5.73 Å². The Bertz CT molecular complexity index is 583. The first kappa shape index (κ1) is 14.9. The van der Waals surface area contributed by atoms with Gasteiger partial charge in [0.2, 0.25) is 5.78 Å². The molecular weight excluding hydrogens is 322 g/mol. The molecule has 106 valence electrons. The highest BCUT2D eigenvalue weighted by atomic mass is 79.9. The smallest absolute Gasteiger partial charge is 0.203 e. The molecule has 0 aliphatic heterocycles. The summed E-state index contributed by atoms with van der Waals surface area (Å²) in [4.78, 5) is 12.6. The summed E-state index contributed by atoms with van der Waals surface area (Å²) in [5.74, 6) is -0.170. The number of nitrogens with zero attached hydrogens (tertiary/aromatic N) is 2. The lowest BCUT2D eigenvalue weighted by atomic mass is 10.0. The number of Topliss-reactive ketones (excluding diaryl/α,β-unsaturated/α-hetero) is 1. The number of carbonyl (C=O) groups is 1. The van der Waals surface area contributed by atoms with Gasteiger partial charge in [-0.25, -0.2) is 0 Å². The van der Waals surface area contributed by atoms with Crippen molar-refractivity contribution in [2.75, 3.05) is 13.7 Å². The van der Waals surface area contributed by atoms with Crippen molar-refractivity contribution >= 4 is 21.7 Å². The lowest BCUT2D eigenvalue weighted by Crippen LogP contribution is -2.25. The number of hydrogen-bond acceptors (Lipinski definition) is 4. The van der Waals surface area contributed by atoms with Gasteiger partial charge in [0.25, 0.3) is 0 Å². The SMILES string of the molecule is COCCn1ncc(Br)c1C(=O)[C@H](N)c1ccccc1. The van der Waals surface area contributed by atoms with Crippen LogP contribution < -0.4 is 5.73 Å². The zero-order valence-electron chi connectivity index (χ0n) is 11.1. The predicted octanol–water partition coefficient (Wildman–Crippen LogP) is 2.17. The van der Waals surface area contributed by atoms with Crippen molar-refractivity contribution in [2.45, 2.75) is 12.6 Å². The Morgan fingerprint density at radius 2 is 2.15 bits per heavy atom. The molecule has 0 spiro atoms. The Hall–Kier alpha value is -1.50. The Kier molecular flexibility index (Phi) is 5.05. The summed E-state index contributed by atoms with van der Waals surface area (Å²) in [6, 6.07) is 8.59. The Morgan fingerprint density at radius 1 is 1.45 bits per heavy atom. The van der Waals surface area contributed by atoms with Crippen LogP contribution in [0.4, 0.5) is 0 Å². The van der Waals surface area contributed by atoms with Crippen LogP contribution in [0.5, 0.6) is 0 Å². The van der Waals surface area contributed by atoms with Crippen molar-refractivity contribution in [1.82, 2.24) is 9.78 Å². The van der Waals surface area contributed by atoms with Crippen molar-refractivity contribution in [3.05, 3.63) is 52.3 Å². The number of aromatic nitrogens is 2. The van der Waals surface area contributed by atoms with E-state index in [0.29, 0.717) is 23.3 Å². The third-order valence-electron chi connectivity index (χ3n) is 2.98. The normalized spacial score (nSPS) is 12.3. The van der Waals surface area contributed by atoms with E-state index in [-0.39, 0.29) is 5.78 Å². The molecule has 0 aliphatic rings. The molecule has 0 aliphatic carbocycles. The zero-order valence-corrected chi connectivity index (χ0v) is 12.7. The summed E-state index contributed by atoms with van der Waals surface area (Å²) in [5.41, 5.74) is 7.31. The molecule has 1 aromatic carbocycles. The monoisotopic (exact) mass is 337 g/mol. The Morgan fingerprint density at radius 3 is 2.80 bits per heavy atom. The molecule has 2 rings (SSSR count). The number of methoxy groups -OCH3 is 1. The van der Waals surface area contributed by atoms with Crippen LogP contribution in [0.25, 0.3) is 0 Å². The minimum atomic E-state index is -0.703. The van der Waals surface area contributed by atoms with Gasteiger partial charge in [-0.1, -0.05) is 30.3 Å². The van der Waals surface area contributed by atoms with Crippen molar-refractivity contribution in [1.29, 1.82) is 0 Å². The van der Waals surface area contributed by atoms with Gasteiger partial charge in [0, 0.05) is 7.11 Å². The fourth-order valence-electron chi connectivity index (χ4n) is 1.91. The maximum Gasteiger partial charge on any atom is 0.203 e. The minimum absolute atomic E-state index is 0.170. The summed E-state index contributed by atoms with van der Waals surface area (Å²) in [7, 11) is 1.61. The molecule has 0 fully saturated rings. The standard InChI is InChI=1S/C14H16BrN3O2/c1-20-8-7-18-13(11(15)9-17-18)14(19)12(16)10-5-3-2-4-6-10/h2-6,9,12H,7-8,16H2,1H3/t12-/m1/s1. The highest BCUT2D eigenvalue weighted by molar-refractivity contribution is 9.10. The molecule has 6 heteroatoms. The van der Waals surface area contributed by atoms with Gasteiger partial charge >= 0.3 is 0 Å². The van der Waals surface area contributed by atoms with Gasteiger partial charge in [0.1, 0.15) is 5.69 Å². The first-order chi connectivity index (χ1) is 9.65. The topological polar surface area (TPSA) is 70.1 Å². The lowest BCUT2D eigenvalue weighted by molar-refractivity contribution is 0.0946. The van der Waals surface area contributed by atoms with E-state index in [2.05, 4.69) is 21.0 Å². The average molecular weight is 338 g/mol. The second kappa shape index (κ2) is 6.78. The van der Waals surface area contributed by atoms with Crippen LogP contribution in [0.2, 0.25) is 0 Å². The third kappa shape index (κ3) is 3.15. The molecule has 0 radical (unpaired) electrons. The maximum atomic E-state index is 12.6. The highest BCUT2D eigenvalue weighted by Crippen LogP contribution is 2.22. The molecule has 5 nitrogen and oxygen atoms in total. The summed E-state index contributed by atoms with van der Waals surface area (Å²) >= 11 is 3.35. The van der Waals surface area contributed by atoms with Gasteiger partial charge in [-0.05, 0) is 21.5 Å². The minimum Gasteiger partial charge on any atom is -0.383 e. The number of ketones is 1. The third-order valence-corrected chi connectivity index (χ3v) is 3.56. The van der Waals surface area contributed by atoms with Gasteiger partial charge in [-0.15, -0.1) is 0 Å². The molecule has 0 bridgehead atoms. The molecule has 0 saturated carbocycles. The summed E-state index contributed by atoms with van der Waals surface area (Å²) in [6.45, 7) is 0.986. The molecular formula is C14H16BrN3O2. The van der Waals surface area contributed by atoms with Crippen molar-refractivity contribution in [3.8, 4) is 0 Å². The molecule has 1 atom stereocenters. The molecule has 0 amide bonds. The number of hydrogen-bond donors (Lipinski definition) is 1. The Balaban J connectivity index is 2.27. The number of halogens is 1. The van der Waals surface area contributed by atoms with Gasteiger partial charge in [0.05, 0.1) is 29.9 Å². The molecule has 1 aromatic heterocycles. The molecule has 20 heavy (non-hydrogen) atoms. The summed E-state index contributed by atoms with van der Waals surface area (Å²) in [5, 5.41) is 4.16. The van der Waals surface area contributed by atoms with E-state index >= 15 is 0 Å². The number of benzene rings is 1. The zero-order chi connectivity index (χ0) is 14.5. The number of nitrogens with two attached hydrogens (primary N) is 1. The van der Waals surface area contributed by atoms with Crippen molar-refractivity contribution in [3.63, 3.8) is 0 Å². The van der Waals surface area contributed by atoms with E-state index in [1.54, 1.807) is 18.0 Å². The Labute approximate surface area is 125 Å². The molecule has 2 N–H and O–H groups in total. The number of rotatable bonds is 6. The highest BCUT2D eigenvalue weighted by Gasteiger charge is 2.24. The van der Waals surface area contributed by atoms with E-state index < -0.39 is 6.04 Å². The molecule has 0 unspecified atom stereocenters. The fourth-order valence-corrected chi connectivity index (χ4v) is 2.41. The quantitative estimate of drug-likeness (QED) is 0.820. The van der Waals surface area contributed by atoms with Gasteiger partial charge < -0.3 is 10.5 Å². The van der Waals surface area contributed by atoms with E-state index in [9.17, 15) is 4.79 Å². The fraction of sp³-hybridized carbons (Fsp3) is 0.286. The van der Waals surface area contributed by atoms with Crippen LogP contribution in [0.1, 0.15) is 22.1 Å². The summed E-state index contributed by atoms with van der Waals surface area (Å²) in [6.07, 6.45) is 1.60. The second-order valence-electron chi connectivity index (χ2n) is 4.31. The molecule has 1 heterocycles. The van der Waals surface area contributed by atoms with E-state index in [1.165, 1.54) is 0 Å². The molecule has 0 saturated heterocycles.